The van der Waals surface area contributed by atoms with Crippen molar-refractivity contribution in [2.75, 3.05) is 13.2 Å². The summed E-state index contributed by atoms with van der Waals surface area (Å²) in [5.74, 6) is -1.20. The van der Waals surface area contributed by atoms with Crippen molar-refractivity contribution in [1.82, 2.24) is 5.32 Å². The van der Waals surface area contributed by atoms with Crippen molar-refractivity contribution in [1.29, 1.82) is 0 Å². The normalized spacial score (nSPS) is 18.4. The molecule has 1 rings (SSSR count). The molecule has 8 unspecified atom stereocenters. The molecule has 89 heavy (non-hydrogen) atoms. The Morgan fingerprint density at radius 1 is 0.438 bits per heavy atom. The Labute approximate surface area is 548 Å². The van der Waals surface area contributed by atoms with Crippen LogP contribution in [0.2, 0.25) is 0 Å². The van der Waals surface area contributed by atoms with Crippen molar-refractivity contribution < 1.29 is 49.3 Å². The Kier molecular flexibility index (Phi) is 62.0. The molecule has 0 spiro atoms. The fourth-order valence-corrected chi connectivity index (χ4v) is 11.9. The number of nitrogens with one attached hydrogen (secondary N) is 1. The summed E-state index contributed by atoms with van der Waals surface area (Å²) in [5, 5.41) is 57.3. The molecule has 11 nitrogen and oxygen atoms in total. The van der Waals surface area contributed by atoms with Crippen LogP contribution in [0, 0.1) is 0 Å². The zero-order valence-corrected chi connectivity index (χ0v) is 58.1. The lowest BCUT2D eigenvalue weighted by molar-refractivity contribution is -0.305. The van der Waals surface area contributed by atoms with Gasteiger partial charge in [0.25, 0.3) is 0 Å². The van der Waals surface area contributed by atoms with Crippen molar-refractivity contribution in [2.24, 2.45) is 0 Å². The van der Waals surface area contributed by atoms with Crippen molar-refractivity contribution in [3.8, 4) is 0 Å². The zero-order valence-electron chi connectivity index (χ0n) is 58.1. The van der Waals surface area contributed by atoms with E-state index in [4.69, 9.17) is 14.2 Å². The van der Waals surface area contributed by atoms with Gasteiger partial charge in [-0.15, -0.1) is 0 Å². The third kappa shape index (κ3) is 52.4. The minimum absolute atomic E-state index is 0.124. The Morgan fingerprint density at radius 3 is 1.18 bits per heavy atom. The second-order valence-electron chi connectivity index (χ2n) is 26.4. The summed E-state index contributed by atoms with van der Waals surface area (Å²) in [6.45, 7) is 5.81. The number of ether oxygens (including phenoxy) is 3. The first-order valence-electron chi connectivity index (χ1n) is 38.1. The number of hydrogen-bond acceptors (Lipinski definition) is 10. The van der Waals surface area contributed by atoms with E-state index < -0.39 is 67.4 Å². The highest BCUT2D eigenvalue weighted by atomic mass is 16.7. The SMILES string of the molecule is CCCCC/C=C\C/C=C\C/C=C\C/C=C\CCCCCCC(O)C(=O)NC(COC1OC(CO)C(O)C(O)C1OC(=O)CCCCCCCCCCCCCCCCCCCCCCCCCCCCC)C(O)/C=C/CCCCCCCCCCCCC. The molecule has 1 fully saturated rings. The molecule has 6 N–H and O–H groups in total. The standard InChI is InChI=1S/C78H143NO10/c1-4-7-10-13-16-19-22-25-27-29-31-33-34-35-36-37-38-39-41-43-45-48-51-54-57-60-63-66-73(83)89-76-75(85)74(84)72(67-80)88-78(76)87-68-69(70(81)64-61-58-55-52-49-46-24-21-18-15-12-9-6-3)79-77(86)71(82)65-62-59-56-53-50-47-44-42-40-32-30-28-26-23-20-17-14-11-8-5-2/h17,20,26,28,32,40,44,47,61,64,69-72,74-76,78,80-82,84-85H,4-16,18-19,21-25,27,29-31,33-39,41-43,45-46,48-60,62-63,65-68H2,1-3H3,(H,79,86)/b20-17-,28-26-,40-32-,47-44-,64-61+. The third-order valence-corrected chi connectivity index (χ3v) is 17.9. The van der Waals surface area contributed by atoms with E-state index in [1.165, 1.54) is 231 Å². The van der Waals surface area contributed by atoms with Crippen LogP contribution in [0.3, 0.4) is 0 Å². The predicted octanol–water partition coefficient (Wildman–Crippen LogP) is 20.1. The van der Waals surface area contributed by atoms with Gasteiger partial charge in [-0.2, -0.15) is 0 Å². The molecular formula is C78H143NO10. The van der Waals surface area contributed by atoms with Crippen LogP contribution in [0.5, 0.6) is 0 Å². The average molecular weight is 1250 g/mol. The topological polar surface area (TPSA) is 175 Å². The van der Waals surface area contributed by atoms with Crippen LogP contribution in [-0.4, -0.2) is 99.6 Å². The molecule has 11 heteroatoms. The fraction of sp³-hybridized carbons (Fsp3) is 0.846. The molecule has 0 bridgehead atoms. The maximum Gasteiger partial charge on any atom is 0.306 e. The molecule has 1 amide bonds. The molecule has 0 radical (unpaired) electrons. The summed E-state index contributed by atoms with van der Waals surface area (Å²) in [7, 11) is 0. The maximum absolute atomic E-state index is 13.5. The summed E-state index contributed by atoms with van der Waals surface area (Å²) >= 11 is 0. The van der Waals surface area contributed by atoms with E-state index in [1.54, 1.807) is 6.08 Å². The summed E-state index contributed by atoms with van der Waals surface area (Å²) in [5.41, 5.74) is 0. The van der Waals surface area contributed by atoms with Crippen LogP contribution < -0.4 is 5.32 Å². The van der Waals surface area contributed by atoms with Gasteiger partial charge in [-0.25, -0.2) is 0 Å². The minimum Gasteiger partial charge on any atom is -0.454 e. The number of aliphatic hydroxyl groups excluding tert-OH is 5. The Balaban J connectivity index is 2.54. The van der Waals surface area contributed by atoms with Gasteiger partial charge in [-0.3, -0.25) is 9.59 Å². The monoisotopic (exact) mass is 1250 g/mol. The van der Waals surface area contributed by atoms with Crippen LogP contribution in [0.15, 0.2) is 60.8 Å². The number of carbonyl (C=O) groups excluding carboxylic acids is 2. The lowest BCUT2D eigenvalue weighted by atomic mass is 9.99. The maximum atomic E-state index is 13.5. The molecule has 0 aromatic carbocycles. The molecule has 1 aliphatic heterocycles. The van der Waals surface area contributed by atoms with Gasteiger partial charge in [-0.1, -0.05) is 345 Å². The van der Waals surface area contributed by atoms with Gasteiger partial charge in [0.15, 0.2) is 12.4 Å². The lowest BCUT2D eigenvalue weighted by Crippen LogP contribution is -2.61. The lowest BCUT2D eigenvalue weighted by Gasteiger charge is -2.41. The van der Waals surface area contributed by atoms with Gasteiger partial charge in [0, 0.05) is 6.42 Å². The van der Waals surface area contributed by atoms with E-state index in [-0.39, 0.29) is 19.4 Å². The van der Waals surface area contributed by atoms with Crippen LogP contribution in [0.1, 0.15) is 361 Å². The summed E-state index contributed by atoms with van der Waals surface area (Å²) < 4.78 is 17.7. The molecule has 0 aromatic heterocycles. The number of allylic oxidation sites excluding steroid dienone is 9. The van der Waals surface area contributed by atoms with Crippen LogP contribution in [-0.2, 0) is 23.8 Å². The highest BCUT2D eigenvalue weighted by Crippen LogP contribution is 2.27. The quantitative estimate of drug-likeness (QED) is 0.0195. The number of hydrogen-bond donors (Lipinski definition) is 6. The first-order valence-corrected chi connectivity index (χ1v) is 38.1. The van der Waals surface area contributed by atoms with Crippen LogP contribution >= 0.6 is 0 Å². The zero-order chi connectivity index (χ0) is 64.6. The van der Waals surface area contributed by atoms with Crippen LogP contribution in [0.4, 0.5) is 0 Å². The molecule has 0 aromatic rings. The van der Waals surface area contributed by atoms with E-state index in [0.717, 1.165) is 83.5 Å². The van der Waals surface area contributed by atoms with E-state index in [0.29, 0.717) is 12.8 Å². The number of rotatable bonds is 66. The highest BCUT2D eigenvalue weighted by Gasteiger charge is 2.47. The smallest absolute Gasteiger partial charge is 0.306 e. The number of esters is 1. The molecule has 0 saturated carbocycles. The molecule has 0 aliphatic carbocycles. The number of aliphatic hydroxyl groups is 5. The van der Waals surface area contributed by atoms with Gasteiger partial charge in [0.05, 0.1) is 25.4 Å². The largest absolute Gasteiger partial charge is 0.454 e. The first-order chi connectivity index (χ1) is 43.7. The average Bonchev–Trinajstić information content (AvgIpc) is 3.14. The van der Waals surface area contributed by atoms with Gasteiger partial charge in [0.2, 0.25) is 5.91 Å². The first kappa shape index (κ1) is 84.4. The molecule has 8 atom stereocenters. The second-order valence-corrected chi connectivity index (χ2v) is 26.4. The van der Waals surface area contributed by atoms with E-state index in [1.807, 2.05) is 6.08 Å². The highest BCUT2D eigenvalue weighted by molar-refractivity contribution is 5.80. The molecular weight excluding hydrogens is 1110 g/mol. The van der Waals surface area contributed by atoms with Gasteiger partial charge in [-0.05, 0) is 70.6 Å². The summed E-state index contributed by atoms with van der Waals surface area (Å²) in [6, 6.07) is -1.04. The number of unbranched alkanes of at least 4 members (excludes halogenated alkanes) is 44. The van der Waals surface area contributed by atoms with E-state index in [2.05, 4.69) is 74.7 Å². The molecule has 1 aliphatic rings. The van der Waals surface area contributed by atoms with Crippen molar-refractivity contribution >= 4 is 11.9 Å². The molecule has 1 saturated heterocycles. The number of amides is 1. The Morgan fingerprint density at radius 2 is 0.775 bits per heavy atom. The third-order valence-electron chi connectivity index (χ3n) is 17.9. The van der Waals surface area contributed by atoms with Crippen molar-refractivity contribution in [3.05, 3.63) is 60.8 Å². The van der Waals surface area contributed by atoms with Crippen molar-refractivity contribution in [3.63, 3.8) is 0 Å². The Hall–Kier alpha value is -2.64. The summed E-state index contributed by atoms with van der Waals surface area (Å²) in [6.07, 6.45) is 74.1. The Bertz CT molecular complexity index is 1680. The summed E-state index contributed by atoms with van der Waals surface area (Å²) in [4.78, 5) is 26.7. The van der Waals surface area contributed by atoms with Crippen LogP contribution in [0.25, 0.3) is 0 Å². The predicted molar refractivity (Wildman–Crippen MR) is 375 cm³/mol. The second kappa shape index (κ2) is 65.4. The molecule has 520 valence electrons. The van der Waals surface area contributed by atoms with E-state index in [9.17, 15) is 35.1 Å². The van der Waals surface area contributed by atoms with E-state index >= 15 is 0 Å². The van der Waals surface area contributed by atoms with Crippen molar-refractivity contribution in [2.45, 2.75) is 410 Å². The minimum atomic E-state index is -1.62. The van der Waals surface area contributed by atoms with Gasteiger partial charge >= 0.3 is 5.97 Å². The number of carbonyl (C=O) groups is 2. The van der Waals surface area contributed by atoms with Gasteiger partial charge in [0.1, 0.15) is 24.4 Å². The van der Waals surface area contributed by atoms with Gasteiger partial charge < -0.3 is 45.1 Å². The fourth-order valence-electron chi connectivity index (χ4n) is 11.9. The molecule has 1 heterocycles.